The maximum Gasteiger partial charge on any atom is 0.416 e. The highest BCUT2D eigenvalue weighted by molar-refractivity contribution is 5.84. The highest BCUT2D eigenvalue weighted by Crippen LogP contribution is 2.40. The van der Waals surface area contributed by atoms with Gasteiger partial charge in [-0.2, -0.15) is 31.4 Å². The highest BCUT2D eigenvalue weighted by Gasteiger charge is 2.52. The van der Waals surface area contributed by atoms with Crippen molar-refractivity contribution in [2.75, 3.05) is 26.9 Å². The molecule has 2 N–H and O–H groups in total. The first-order valence-corrected chi connectivity index (χ1v) is 12.1. The number of ether oxygens (including phenoxy) is 2. The summed E-state index contributed by atoms with van der Waals surface area (Å²) in [4.78, 5) is 14.6. The van der Waals surface area contributed by atoms with Crippen LogP contribution in [0.15, 0.2) is 53.6 Å². The summed E-state index contributed by atoms with van der Waals surface area (Å²) in [5.74, 6) is -0.468. The van der Waals surface area contributed by atoms with E-state index < -0.39 is 46.6 Å². The predicted molar refractivity (Wildman–Crippen MR) is 129 cm³/mol. The lowest BCUT2D eigenvalue weighted by atomic mass is 9.75. The van der Waals surface area contributed by atoms with Gasteiger partial charge in [0.2, 0.25) is 0 Å². The zero-order valence-corrected chi connectivity index (χ0v) is 21.2. The molecule has 0 amide bonds. The van der Waals surface area contributed by atoms with E-state index in [0.29, 0.717) is 31.6 Å². The van der Waals surface area contributed by atoms with Gasteiger partial charge in [-0.3, -0.25) is 5.43 Å². The molecular formula is C26H28F6N4O3. The smallest absolute Gasteiger partial charge is 0.416 e. The Hall–Kier alpha value is -3.32. The summed E-state index contributed by atoms with van der Waals surface area (Å²) in [5, 5.41) is 7.36. The lowest BCUT2D eigenvalue weighted by molar-refractivity contribution is -0.155. The van der Waals surface area contributed by atoms with E-state index >= 15 is 0 Å². The van der Waals surface area contributed by atoms with Crippen molar-refractivity contribution in [3.05, 3.63) is 70.8 Å². The molecule has 0 aliphatic carbocycles. The average molecular weight is 559 g/mol. The zero-order valence-electron chi connectivity index (χ0n) is 21.2. The van der Waals surface area contributed by atoms with Gasteiger partial charge in [0, 0.05) is 6.54 Å². The van der Waals surface area contributed by atoms with Gasteiger partial charge in [0.15, 0.2) is 5.54 Å². The number of alkyl halides is 6. The van der Waals surface area contributed by atoms with Crippen LogP contribution >= 0.6 is 0 Å². The third-order valence-corrected chi connectivity index (χ3v) is 7.31. The molecule has 2 aromatic rings. The van der Waals surface area contributed by atoms with Crippen LogP contribution in [-0.4, -0.2) is 49.7 Å². The fraction of sp³-hybridized carbons (Fsp3) is 0.462. The average Bonchev–Trinajstić information content (AvgIpc) is 3.46. The molecule has 7 nitrogen and oxygen atoms in total. The maximum absolute atomic E-state index is 13.4. The molecule has 212 valence electrons. The van der Waals surface area contributed by atoms with E-state index in [1.54, 1.807) is 4.90 Å². The van der Waals surface area contributed by atoms with Gasteiger partial charge in [-0.1, -0.05) is 30.3 Å². The topological polar surface area (TPSA) is 75.2 Å². The lowest BCUT2D eigenvalue weighted by Gasteiger charge is -2.49. The molecular weight excluding hydrogens is 530 g/mol. The van der Waals surface area contributed by atoms with Crippen molar-refractivity contribution in [2.24, 2.45) is 5.10 Å². The standard InChI is InChI=1S/C26H28F6N4O3/c1-17(18-10-20(25(27,28)29)12-21(11-18)26(30,31)32)39-14-23(19-6-4-3-5-7-19)8-9-24(13-33-23,22(37)38-2)36-15-34-35-16-36/h3-7,10-12,15,17,33,35H,8-9,13-14,16H2,1-2H3/t17-,23-,24-/m1/s1. The van der Waals surface area contributed by atoms with Crippen molar-refractivity contribution >= 4 is 12.3 Å². The molecule has 0 saturated carbocycles. The number of benzene rings is 2. The molecule has 0 bridgehead atoms. The van der Waals surface area contributed by atoms with Crippen LogP contribution in [0.5, 0.6) is 0 Å². The number of carbonyl (C=O) groups excluding carboxylic acids is 1. The van der Waals surface area contributed by atoms with E-state index in [1.165, 1.54) is 20.4 Å². The first kappa shape index (κ1) is 28.7. The van der Waals surface area contributed by atoms with E-state index in [4.69, 9.17) is 9.47 Å². The van der Waals surface area contributed by atoms with Crippen molar-refractivity contribution in [3.63, 3.8) is 0 Å². The van der Waals surface area contributed by atoms with Crippen LogP contribution < -0.4 is 10.7 Å². The van der Waals surface area contributed by atoms with Gasteiger partial charge >= 0.3 is 18.3 Å². The minimum Gasteiger partial charge on any atom is -0.467 e. The van der Waals surface area contributed by atoms with Gasteiger partial charge in [0.25, 0.3) is 0 Å². The Bertz CT molecular complexity index is 1160. The number of hydrazone groups is 1. The molecule has 0 spiro atoms. The first-order chi connectivity index (χ1) is 18.3. The van der Waals surface area contributed by atoms with Crippen LogP contribution in [0.2, 0.25) is 0 Å². The monoisotopic (exact) mass is 558 g/mol. The summed E-state index contributed by atoms with van der Waals surface area (Å²) in [6.07, 6.45) is -8.85. The second-order valence-electron chi connectivity index (χ2n) is 9.65. The summed E-state index contributed by atoms with van der Waals surface area (Å²) in [7, 11) is 1.29. The van der Waals surface area contributed by atoms with Gasteiger partial charge in [0.1, 0.15) is 13.0 Å². The normalized spacial score (nSPS) is 24.4. The van der Waals surface area contributed by atoms with Gasteiger partial charge in [0.05, 0.1) is 36.5 Å². The predicted octanol–water partition coefficient (Wildman–Crippen LogP) is 4.80. The second kappa shape index (κ2) is 10.7. The number of rotatable bonds is 7. The fourth-order valence-corrected chi connectivity index (χ4v) is 4.96. The van der Waals surface area contributed by atoms with Crippen molar-refractivity contribution < 1.29 is 40.6 Å². The van der Waals surface area contributed by atoms with Crippen molar-refractivity contribution in [3.8, 4) is 0 Å². The number of nitrogens with one attached hydrogen (secondary N) is 2. The molecule has 2 aliphatic rings. The molecule has 2 aliphatic heterocycles. The van der Waals surface area contributed by atoms with Gasteiger partial charge in [-0.05, 0) is 49.1 Å². The number of piperidine rings is 1. The summed E-state index contributed by atoms with van der Waals surface area (Å²) >= 11 is 0. The molecule has 2 aromatic carbocycles. The number of hydrogen-bond donors (Lipinski definition) is 2. The lowest BCUT2D eigenvalue weighted by Crippen LogP contribution is -2.67. The summed E-state index contributed by atoms with van der Waals surface area (Å²) in [6.45, 7) is 1.74. The Balaban J connectivity index is 1.62. The molecule has 0 aromatic heterocycles. The molecule has 4 rings (SSSR count). The Kier molecular flexibility index (Phi) is 7.86. The summed E-state index contributed by atoms with van der Waals surface area (Å²) < 4.78 is 91.3. The van der Waals surface area contributed by atoms with E-state index in [-0.39, 0.29) is 24.8 Å². The van der Waals surface area contributed by atoms with Crippen LogP contribution in [0.4, 0.5) is 26.3 Å². The van der Waals surface area contributed by atoms with Crippen molar-refractivity contribution in [1.82, 2.24) is 15.6 Å². The van der Waals surface area contributed by atoms with Crippen molar-refractivity contribution in [1.29, 1.82) is 0 Å². The maximum atomic E-state index is 13.4. The molecule has 3 atom stereocenters. The third-order valence-electron chi connectivity index (χ3n) is 7.31. The van der Waals surface area contributed by atoms with E-state index in [0.717, 1.165) is 5.56 Å². The van der Waals surface area contributed by atoms with Gasteiger partial charge in [-0.25, -0.2) is 4.79 Å². The molecule has 0 unspecified atom stereocenters. The van der Waals surface area contributed by atoms with Crippen LogP contribution in [0.3, 0.4) is 0 Å². The van der Waals surface area contributed by atoms with E-state index in [1.807, 2.05) is 30.3 Å². The number of carbonyl (C=O) groups is 1. The zero-order chi connectivity index (χ0) is 28.5. The number of hydrogen-bond acceptors (Lipinski definition) is 7. The number of esters is 1. The quantitative estimate of drug-likeness (QED) is 0.376. The highest BCUT2D eigenvalue weighted by atomic mass is 19.4. The SMILES string of the molecule is COC(=O)[C@@]1(N2C=NNC2)CC[C@@](CO[C@H](C)c2cc(C(F)(F)F)cc(C(F)(F)F)c2)(c2ccccc2)NC1. The Labute approximate surface area is 221 Å². The van der Waals surface area contributed by atoms with Crippen LogP contribution in [-0.2, 0) is 32.2 Å². The number of halogens is 6. The minimum atomic E-state index is -4.96. The second-order valence-corrected chi connectivity index (χ2v) is 9.65. The summed E-state index contributed by atoms with van der Waals surface area (Å²) in [6, 6.07) is 10.6. The molecule has 13 heteroatoms. The van der Waals surface area contributed by atoms with Gasteiger partial charge < -0.3 is 19.7 Å². The van der Waals surface area contributed by atoms with E-state index in [9.17, 15) is 31.1 Å². The minimum absolute atomic E-state index is 0.0840. The van der Waals surface area contributed by atoms with Crippen LogP contribution in [0.25, 0.3) is 0 Å². The van der Waals surface area contributed by atoms with Gasteiger partial charge in [-0.15, -0.1) is 0 Å². The summed E-state index contributed by atoms with van der Waals surface area (Å²) in [5.41, 5.74) is -1.43. The molecule has 1 fully saturated rings. The molecule has 0 radical (unpaired) electrons. The molecule has 39 heavy (non-hydrogen) atoms. The van der Waals surface area contributed by atoms with Crippen molar-refractivity contribution in [2.45, 2.75) is 49.3 Å². The molecule has 1 saturated heterocycles. The Morgan fingerprint density at radius 2 is 1.69 bits per heavy atom. The van der Waals surface area contributed by atoms with Crippen LogP contribution in [0.1, 0.15) is 48.1 Å². The third kappa shape index (κ3) is 5.83. The molecule has 2 heterocycles. The number of nitrogens with zero attached hydrogens (tertiary/aromatic N) is 2. The largest absolute Gasteiger partial charge is 0.467 e. The number of methoxy groups -OCH3 is 1. The Morgan fingerprint density at radius 1 is 1.05 bits per heavy atom. The Morgan fingerprint density at radius 3 is 2.18 bits per heavy atom. The first-order valence-electron chi connectivity index (χ1n) is 12.1. The van der Waals surface area contributed by atoms with Crippen LogP contribution in [0, 0.1) is 0 Å². The van der Waals surface area contributed by atoms with E-state index in [2.05, 4.69) is 15.8 Å². The fourth-order valence-electron chi connectivity index (χ4n) is 4.96.